The van der Waals surface area contributed by atoms with Crippen molar-refractivity contribution in [2.45, 2.75) is 214 Å². The van der Waals surface area contributed by atoms with Gasteiger partial charge in [0.15, 0.2) is 12.6 Å². The van der Waals surface area contributed by atoms with Crippen LogP contribution in [0.1, 0.15) is 177 Å². The van der Waals surface area contributed by atoms with Gasteiger partial charge in [-0.05, 0) is 125 Å². The van der Waals surface area contributed by atoms with Crippen LogP contribution in [0.5, 0.6) is 0 Å². The molecule has 4 heterocycles. The number of carboxylic acids is 1. The number of unbranched alkanes of at least 4 members (excludes halogenated alkanes) is 4. The van der Waals surface area contributed by atoms with Gasteiger partial charge in [-0.15, -0.1) is 6.42 Å². The molecular formula is C46H80B2O10. The van der Waals surface area contributed by atoms with Gasteiger partial charge in [-0.25, -0.2) is 4.79 Å². The zero-order valence-electron chi connectivity index (χ0n) is 37.1. The molecule has 4 atom stereocenters. The second kappa shape index (κ2) is 27.6. The highest BCUT2D eigenvalue weighted by Crippen LogP contribution is 2.37. The maximum Gasteiger partial charge on any atom is 0.486 e. The predicted molar refractivity (Wildman–Crippen MR) is 237 cm³/mol. The summed E-state index contributed by atoms with van der Waals surface area (Å²) in [6.45, 7) is 22.5. The third-order valence-corrected chi connectivity index (χ3v) is 11.3. The van der Waals surface area contributed by atoms with Crippen LogP contribution in [0, 0.1) is 12.3 Å². The van der Waals surface area contributed by atoms with Gasteiger partial charge in [0.05, 0.1) is 34.1 Å². The zero-order chi connectivity index (χ0) is 42.4. The summed E-state index contributed by atoms with van der Waals surface area (Å²) in [4.78, 5) is 10.2. The van der Waals surface area contributed by atoms with Crippen LogP contribution in [0.4, 0.5) is 0 Å². The molecule has 1 aromatic carbocycles. The molecule has 0 aliphatic carbocycles. The lowest BCUT2D eigenvalue weighted by Crippen LogP contribution is -2.41. The molecule has 0 saturated carbocycles. The van der Waals surface area contributed by atoms with E-state index in [1.807, 2.05) is 33.7 Å². The number of benzene rings is 1. The van der Waals surface area contributed by atoms with E-state index in [1.165, 1.54) is 44.9 Å². The molecule has 5 rings (SSSR count). The van der Waals surface area contributed by atoms with Gasteiger partial charge in [0.1, 0.15) is 6.10 Å². The molecule has 330 valence electrons. The Hall–Kier alpha value is -2.20. The Morgan fingerprint density at radius 3 is 1.71 bits per heavy atom. The van der Waals surface area contributed by atoms with Crippen molar-refractivity contribution in [3.8, 4) is 12.3 Å². The monoisotopic (exact) mass is 815 g/mol. The van der Waals surface area contributed by atoms with Crippen molar-refractivity contribution in [2.24, 2.45) is 0 Å². The Bertz CT molecular complexity index is 1270. The summed E-state index contributed by atoms with van der Waals surface area (Å²) in [6.07, 6.45) is 23.3. The molecule has 4 saturated heterocycles. The molecule has 4 aliphatic rings. The average Bonchev–Trinajstić information content (AvgIpc) is 3.56. The minimum atomic E-state index is -0.879. The fourth-order valence-electron chi connectivity index (χ4n) is 6.02. The maximum absolute atomic E-state index is 10.2. The van der Waals surface area contributed by atoms with Gasteiger partial charge < -0.3 is 42.7 Å². The van der Waals surface area contributed by atoms with Gasteiger partial charge in [0.2, 0.25) is 0 Å². The van der Waals surface area contributed by atoms with Gasteiger partial charge in [0, 0.05) is 13.2 Å². The first-order valence-corrected chi connectivity index (χ1v) is 21.6. The molecule has 0 amide bonds. The summed E-state index contributed by atoms with van der Waals surface area (Å²) in [5, 5.41) is 8.38. The average molecular weight is 815 g/mol. The summed E-state index contributed by atoms with van der Waals surface area (Å²) >= 11 is 0. The third kappa shape index (κ3) is 19.9. The quantitative estimate of drug-likeness (QED) is 0.104. The lowest BCUT2D eigenvalue weighted by molar-refractivity contribution is -0.179. The van der Waals surface area contributed by atoms with Gasteiger partial charge in [-0.1, -0.05) is 89.5 Å². The van der Waals surface area contributed by atoms with Crippen LogP contribution in [-0.4, -0.2) is 86.3 Å². The van der Waals surface area contributed by atoms with Gasteiger partial charge in [0.25, 0.3) is 0 Å². The highest BCUT2D eigenvalue weighted by atomic mass is 16.7. The van der Waals surface area contributed by atoms with Crippen LogP contribution in [-0.2, 0) is 37.6 Å². The molecule has 10 nitrogen and oxygen atoms in total. The SMILES string of the molecule is C.C#CC(CCCCC)OC1CCCCO1.CC1(C)OBOC1(C)C.CCCCCC(/C=C/B1OC(C)(C)C(C)(C)O1)OC1CCCCO1.O=C(O)c1ccccc1. The lowest BCUT2D eigenvalue weighted by Gasteiger charge is -2.32. The molecule has 1 N–H and O–H groups in total. The molecule has 0 radical (unpaired) electrons. The number of carbonyl (C=O) groups is 1. The molecule has 1 aromatic rings. The van der Waals surface area contributed by atoms with Crippen LogP contribution >= 0.6 is 0 Å². The molecule has 12 heteroatoms. The Labute approximate surface area is 354 Å². The van der Waals surface area contributed by atoms with Gasteiger partial charge in [-0.3, -0.25) is 0 Å². The first kappa shape index (κ1) is 53.8. The van der Waals surface area contributed by atoms with E-state index in [9.17, 15) is 4.79 Å². The van der Waals surface area contributed by atoms with E-state index in [2.05, 4.69) is 53.5 Å². The second-order valence-electron chi connectivity index (χ2n) is 17.2. The van der Waals surface area contributed by atoms with Crippen molar-refractivity contribution in [2.75, 3.05) is 13.2 Å². The second-order valence-corrected chi connectivity index (χ2v) is 17.2. The van der Waals surface area contributed by atoms with E-state index in [0.29, 0.717) is 13.2 Å². The summed E-state index contributed by atoms with van der Waals surface area (Å²) in [5.74, 6) is 3.84. The first-order valence-electron chi connectivity index (χ1n) is 21.6. The third-order valence-electron chi connectivity index (χ3n) is 11.3. The van der Waals surface area contributed by atoms with Crippen molar-refractivity contribution in [3.05, 3.63) is 47.9 Å². The fourth-order valence-corrected chi connectivity index (χ4v) is 6.02. The number of hydrogen-bond donors (Lipinski definition) is 1. The molecule has 4 aliphatic heterocycles. The fraction of sp³-hybridized carbons (Fsp3) is 0.761. The number of terminal acetylenes is 1. The smallest absolute Gasteiger partial charge is 0.478 e. The van der Waals surface area contributed by atoms with E-state index < -0.39 is 5.97 Å². The van der Waals surface area contributed by atoms with Gasteiger partial charge in [-0.2, -0.15) is 0 Å². The summed E-state index contributed by atoms with van der Waals surface area (Å²) in [6, 6.07) is 8.30. The minimum absolute atomic E-state index is 0. The number of hydrogen-bond acceptors (Lipinski definition) is 9. The van der Waals surface area contributed by atoms with E-state index in [1.54, 1.807) is 30.3 Å². The number of aromatic carboxylic acids is 1. The largest absolute Gasteiger partial charge is 0.486 e. The van der Waals surface area contributed by atoms with Crippen LogP contribution in [0.25, 0.3) is 0 Å². The maximum atomic E-state index is 10.2. The molecule has 58 heavy (non-hydrogen) atoms. The summed E-state index contributed by atoms with van der Waals surface area (Å²) < 4.78 is 45.9. The predicted octanol–water partition coefficient (Wildman–Crippen LogP) is 10.7. The van der Waals surface area contributed by atoms with Crippen LogP contribution in [0.2, 0.25) is 0 Å². The van der Waals surface area contributed by atoms with Crippen LogP contribution < -0.4 is 0 Å². The number of rotatable bonds is 15. The van der Waals surface area contributed by atoms with Crippen molar-refractivity contribution in [1.82, 2.24) is 0 Å². The van der Waals surface area contributed by atoms with E-state index in [4.69, 9.17) is 49.1 Å². The zero-order valence-corrected chi connectivity index (χ0v) is 37.1. The highest BCUT2D eigenvalue weighted by Gasteiger charge is 2.50. The molecule has 0 bridgehead atoms. The van der Waals surface area contributed by atoms with E-state index >= 15 is 0 Å². The molecular weight excluding hydrogens is 734 g/mol. The van der Waals surface area contributed by atoms with Crippen molar-refractivity contribution < 1.29 is 47.5 Å². The Morgan fingerprint density at radius 1 is 0.810 bits per heavy atom. The highest BCUT2D eigenvalue weighted by molar-refractivity contribution is 6.51. The summed E-state index contributed by atoms with van der Waals surface area (Å²) in [5.41, 5.74) is -0.530. The molecule has 0 spiro atoms. The Morgan fingerprint density at radius 2 is 1.31 bits per heavy atom. The first-order chi connectivity index (χ1) is 27.0. The van der Waals surface area contributed by atoms with E-state index in [0.717, 1.165) is 58.2 Å². The van der Waals surface area contributed by atoms with Gasteiger partial charge >= 0.3 is 20.8 Å². The van der Waals surface area contributed by atoms with E-state index in [-0.39, 0.29) is 61.7 Å². The molecule has 4 unspecified atom stereocenters. The number of ether oxygens (including phenoxy) is 4. The molecule has 0 aromatic heterocycles. The minimum Gasteiger partial charge on any atom is -0.478 e. The molecule has 4 fully saturated rings. The van der Waals surface area contributed by atoms with Crippen molar-refractivity contribution >= 4 is 20.8 Å². The van der Waals surface area contributed by atoms with Crippen LogP contribution in [0.15, 0.2) is 42.4 Å². The number of carboxylic acid groups (broad SMARTS) is 1. The Kier molecular flexibility index (Phi) is 25.6. The van der Waals surface area contributed by atoms with Crippen molar-refractivity contribution in [1.29, 1.82) is 0 Å². The van der Waals surface area contributed by atoms with Crippen molar-refractivity contribution in [3.63, 3.8) is 0 Å². The van der Waals surface area contributed by atoms with Crippen LogP contribution in [0.3, 0.4) is 0 Å². The standard InChI is InChI=1S/C19H35BO4.C13H22O2.C7H6O2.C6H13BO2.CH4/c1-6-7-8-11-16(22-17-12-9-10-15-21-17)13-14-20-23-18(2,3)19(4,5)24-20;1-3-5-6-9-12(4-2)15-13-10-7-8-11-14-13;8-7(9)6-4-2-1-3-5-6;1-5(2)6(3,4)9-7-8-5;/h13-14,16-17H,6-12,15H2,1-5H3;2,12-13H,3,5-11H2,1H3;1-5H,(H,8,9);7H,1-4H3;1H4/b14-13+;;;;. The topological polar surface area (TPSA) is 111 Å². The Balaban J connectivity index is 0.000000421. The normalized spacial score (nSPS) is 23.5. The summed E-state index contributed by atoms with van der Waals surface area (Å²) in [7, 11) is 0.125. The lowest BCUT2D eigenvalue weighted by atomic mass is 9.89.